The molecule has 0 aromatic rings. The van der Waals surface area contributed by atoms with Gasteiger partial charge in [-0.2, -0.15) is 0 Å². The quantitative estimate of drug-likeness (QED) is 0.459. The number of rotatable bonds is 1. The molecule has 0 unspecified atom stereocenters. The number of hydrogen-bond acceptors (Lipinski definition) is 4. The molecule has 58 valence electrons. The first-order valence-electron chi connectivity index (χ1n) is 3.25. The van der Waals surface area contributed by atoms with E-state index in [0.717, 1.165) is 0 Å². The van der Waals surface area contributed by atoms with Crippen LogP contribution in [0.25, 0.3) is 0 Å². The number of hydrogen-bond donors (Lipinski definition) is 2. The number of aliphatic hydroxyl groups excluding tert-OH is 1. The maximum Gasteiger partial charge on any atom is 0.325 e. The van der Waals surface area contributed by atoms with Crippen LogP contribution in [0.4, 0.5) is 0 Å². The lowest BCUT2D eigenvalue weighted by Gasteiger charge is -2.10. The van der Waals surface area contributed by atoms with Gasteiger partial charge in [-0.05, 0) is 13.0 Å². The number of ether oxygens (including phenoxy) is 1. The Morgan fingerprint density at radius 1 is 1.80 bits per heavy atom. The van der Waals surface area contributed by atoms with Gasteiger partial charge in [0, 0.05) is 0 Å². The molecule has 10 heavy (non-hydrogen) atoms. The number of nitrogens with one attached hydrogen (secondary N) is 1. The second-order valence-corrected chi connectivity index (χ2v) is 2.31. The Bertz CT molecular complexity index is 137. The molecule has 0 bridgehead atoms. The van der Waals surface area contributed by atoms with Crippen LogP contribution in [-0.2, 0) is 9.53 Å². The van der Waals surface area contributed by atoms with Crippen LogP contribution in [0.5, 0.6) is 0 Å². The fourth-order valence-electron chi connectivity index (χ4n) is 1.06. The number of methoxy groups -OCH3 is 1. The van der Waals surface area contributed by atoms with E-state index in [-0.39, 0.29) is 5.97 Å². The molecule has 1 aliphatic heterocycles. The van der Waals surface area contributed by atoms with Crippen LogP contribution in [0.2, 0.25) is 0 Å². The van der Waals surface area contributed by atoms with E-state index in [1.54, 1.807) is 0 Å². The van der Waals surface area contributed by atoms with Crippen molar-refractivity contribution >= 4 is 5.97 Å². The van der Waals surface area contributed by atoms with Crippen LogP contribution < -0.4 is 5.32 Å². The van der Waals surface area contributed by atoms with Crippen molar-refractivity contribution in [1.29, 1.82) is 0 Å². The van der Waals surface area contributed by atoms with E-state index in [1.165, 1.54) is 7.11 Å². The summed E-state index contributed by atoms with van der Waals surface area (Å²) < 4.78 is 4.44. The normalized spacial score (nSPS) is 32.2. The second kappa shape index (κ2) is 2.98. The van der Waals surface area contributed by atoms with E-state index in [4.69, 9.17) is 5.11 Å². The number of esters is 1. The van der Waals surface area contributed by atoms with Crippen molar-refractivity contribution in [3.05, 3.63) is 0 Å². The first-order valence-corrected chi connectivity index (χ1v) is 3.25. The lowest BCUT2D eigenvalue weighted by molar-refractivity contribution is -0.144. The van der Waals surface area contributed by atoms with Crippen molar-refractivity contribution in [2.45, 2.75) is 18.6 Å². The van der Waals surface area contributed by atoms with Crippen LogP contribution in [-0.4, -0.2) is 36.9 Å². The fourth-order valence-corrected chi connectivity index (χ4v) is 1.06. The molecule has 0 aliphatic carbocycles. The number of carbonyl (C=O) groups is 1. The Hall–Kier alpha value is -0.610. The summed E-state index contributed by atoms with van der Waals surface area (Å²) in [7, 11) is 1.31. The topological polar surface area (TPSA) is 58.6 Å². The number of carbonyl (C=O) groups excluding carboxylic acids is 1. The summed E-state index contributed by atoms with van der Waals surface area (Å²) >= 11 is 0. The molecule has 1 saturated heterocycles. The summed E-state index contributed by atoms with van der Waals surface area (Å²) in [5.74, 6) is -0.384. The Labute approximate surface area is 59.2 Å². The summed E-state index contributed by atoms with van der Waals surface area (Å²) in [6.45, 7) is 0.681. The Morgan fingerprint density at radius 3 is 2.90 bits per heavy atom. The van der Waals surface area contributed by atoms with E-state index in [9.17, 15) is 4.79 Å². The minimum atomic E-state index is -0.576. The monoisotopic (exact) mass is 145 g/mol. The predicted molar refractivity (Wildman–Crippen MR) is 34.4 cm³/mol. The molecular formula is C6H11NO3. The summed E-state index contributed by atoms with van der Waals surface area (Å²) in [5.41, 5.74) is 0. The zero-order valence-electron chi connectivity index (χ0n) is 5.83. The lowest BCUT2D eigenvalue weighted by atomic mass is 10.2. The Kier molecular flexibility index (Phi) is 2.24. The Morgan fingerprint density at radius 2 is 2.50 bits per heavy atom. The van der Waals surface area contributed by atoms with Gasteiger partial charge in [0.1, 0.15) is 6.04 Å². The molecule has 0 amide bonds. The van der Waals surface area contributed by atoms with Crippen molar-refractivity contribution < 1.29 is 14.6 Å². The van der Waals surface area contributed by atoms with Gasteiger partial charge < -0.3 is 15.2 Å². The highest BCUT2D eigenvalue weighted by molar-refractivity contribution is 5.76. The zero-order chi connectivity index (χ0) is 7.56. The average molecular weight is 145 g/mol. The van der Waals surface area contributed by atoms with Gasteiger partial charge in [0.05, 0.1) is 13.2 Å². The molecule has 1 heterocycles. The van der Waals surface area contributed by atoms with Gasteiger partial charge in [0.2, 0.25) is 0 Å². The van der Waals surface area contributed by atoms with Crippen LogP contribution >= 0.6 is 0 Å². The minimum Gasteiger partial charge on any atom is -0.468 e. The van der Waals surface area contributed by atoms with Gasteiger partial charge in [0.25, 0.3) is 0 Å². The summed E-state index contributed by atoms with van der Waals surface area (Å²) in [5, 5.41) is 12.0. The summed E-state index contributed by atoms with van der Waals surface area (Å²) in [6, 6.07) is -0.509. The molecule has 0 radical (unpaired) electrons. The van der Waals surface area contributed by atoms with Gasteiger partial charge in [-0.1, -0.05) is 0 Å². The van der Waals surface area contributed by atoms with E-state index in [1.807, 2.05) is 0 Å². The standard InChI is InChI=1S/C6H11NO3/c1-10-6(9)5-4(8)2-3-7-5/h4-5,7-8H,2-3H2,1H3/t4-,5+/m0/s1. The lowest BCUT2D eigenvalue weighted by Crippen LogP contribution is -2.39. The SMILES string of the molecule is COC(=O)[C@@H]1NCC[C@@H]1O. The highest BCUT2D eigenvalue weighted by atomic mass is 16.5. The minimum absolute atomic E-state index is 0.384. The molecule has 0 spiro atoms. The molecule has 0 saturated carbocycles. The molecule has 2 atom stereocenters. The van der Waals surface area contributed by atoms with E-state index in [2.05, 4.69) is 10.1 Å². The first kappa shape index (κ1) is 7.50. The van der Waals surface area contributed by atoms with Crippen molar-refractivity contribution in [3.63, 3.8) is 0 Å². The third kappa shape index (κ3) is 1.27. The molecule has 4 nitrogen and oxygen atoms in total. The predicted octanol–water partition coefficient (Wildman–Crippen LogP) is -1.12. The second-order valence-electron chi connectivity index (χ2n) is 2.31. The molecule has 1 rings (SSSR count). The van der Waals surface area contributed by atoms with Gasteiger partial charge in [-0.25, -0.2) is 0 Å². The van der Waals surface area contributed by atoms with Crippen molar-refractivity contribution in [2.24, 2.45) is 0 Å². The van der Waals surface area contributed by atoms with Gasteiger partial charge in [-0.3, -0.25) is 4.79 Å². The first-order chi connectivity index (χ1) is 4.75. The fraction of sp³-hybridized carbons (Fsp3) is 0.833. The molecule has 4 heteroatoms. The highest BCUT2D eigenvalue weighted by Gasteiger charge is 2.31. The third-order valence-corrected chi connectivity index (χ3v) is 1.64. The van der Waals surface area contributed by atoms with Crippen molar-refractivity contribution in [2.75, 3.05) is 13.7 Å². The molecule has 1 fully saturated rings. The van der Waals surface area contributed by atoms with E-state index in [0.29, 0.717) is 13.0 Å². The largest absolute Gasteiger partial charge is 0.468 e. The molecule has 0 aromatic heterocycles. The van der Waals surface area contributed by atoms with Gasteiger partial charge in [-0.15, -0.1) is 0 Å². The van der Waals surface area contributed by atoms with Gasteiger partial charge in [0.15, 0.2) is 0 Å². The zero-order valence-corrected chi connectivity index (χ0v) is 5.83. The summed E-state index contributed by atoms with van der Waals surface area (Å²) in [6.07, 6.45) is 0.0483. The number of aliphatic hydroxyl groups is 1. The molecule has 2 N–H and O–H groups in total. The molecule has 1 aliphatic rings. The van der Waals surface area contributed by atoms with E-state index >= 15 is 0 Å². The van der Waals surface area contributed by atoms with Crippen LogP contribution in [0.1, 0.15) is 6.42 Å². The molecule has 0 aromatic carbocycles. The Balaban J connectivity index is 2.46. The summed E-state index contributed by atoms with van der Waals surface area (Å²) in [4.78, 5) is 10.8. The maximum absolute atomic E-state index is 10.8. The highest BCUT2D eigenvalue weighted by Crippen LogP contribution is 2.07. The van der Waals surface area contributed by atoms with Crippen LogP contribution in [0.15, 0.2) is 0 Å². The van der Waals surface area contributed by atoms with Crippen LogP contribution in [0, 0.1) is 0 Å². The molecular weight excluding hydrogens is 134 g/mol. The van der Waals surface area contributed by atoms with Crippen LogP contribution in [0.3, 0.4) is 0 Å². The third-order valence-electron chi connectivity index (χ3n) is 1.64. The van der Waals surface area contributed by atoms with Crippen molar-refractivity contribution in [1.82, 2.24) is 5.32 Å². The average Bonchev–Trinajstić information content (AvgIpc) is 2.34. The maximum atomic E-state index is 10.8. The van der Waals surface area contributed by atoms with Crippen molar-refractivity contribution in [3.8, 4) is 0 Å². The van der Waals surface area contributed by atoms with Gasteiger partial charge >= 0.3 is 5.97 Å². The van der Waals surface area contributed by atoms with E-state index < -0.39 is 12.1 Å². The smallest absolute Gasteiger partial charge is 0.325 e.